The molecule has 0 saturated carbocycles. The minimum Gasteiger partial charge on any atom is -0.481 e. The van der Waals surface area contributed by atoms with E-state index in [1.807, 2.05) is 13.8 Å². The van der Waals surface area contributed by atoms with Gasteiger partial charge in [-0.05, 0) is 44.0 Å². The monoisotopic (exact) mass is 458 g/mol. The Hall–Kier alpha value is -3.46. The molecule has 0 aliphatic heterocycles. The van der Waals surface area contributed by atoms with Gasteiger partial charge in [0.2, 0.25) is 11.7 Å². The number of benzene rings is 1. The molecule has 8 nitrogen and oxygen atoms in total. The number of fused-ring (bicyclic) bond motifs is 1. The van der Waals surface area contributed by atoms with Gasteiger partial charge in [-0.1, -0.05) is 16.8 Å². The maximum Gasteiger partial charge on any atom is 0.303 e. The molecule has 0 spiro atoms. The Morgan fingerprint density at radius 1 is 1.38 bits per heavy atom. The number of nitrogens with zero attached hydrogens (tertiary/aromatic N) is 4. The van der Waals surface area contributed by atoms with Crippen molar-refractivity contribution < 1.29 is 23.6 Å². The second kappa shape index (κ2) is 8.58. The number of pyridine rings is 1. The summed E-state index contributed by atoms with van der Waals surface area (Å²) in [6.45, 7) is 3.74. The van der Waals surface area contributed by atoms with E-state index in [1.54, 1.807) is 29.9 Å². The van der Waals surface area contributed by atoms with Crippen LogP contribution < -0.4 is 4.74 Å². The molecule has 1 aromatic carbocycles. The fourth-order valence-corrected chi connectivity index (χ4v) is 3.73. The van der Waals surface area contributed by atoms with Crippen molar-refractivity contribution in [3.8, 4) is 28.7 Å². The first-order valence-corrected chi connectivity index (χ1v) is 10.3. The Morgan fingerprint density at radius 2 is 2.16 bits per heavy atom. The van der Waals surface area contributed by atoms with Crippen LogP contribution >= 0.6 is 11.6 Å². The van der Waals surface area contributed by atoms with Gasteiger partial charge in [-0.25, -0.2) is 9.37 Å². The minimum absolute atomic E-state index is 0.0765. The first-order chi connectivity index (χ1) is 15.2. The number of hydrogen-bond donors (Lipinski definition) is 1. The molecule has 166 valence electrons. The predicted octanol–water partition coefficient (Wildman–Crippen LogP) is 4.89. The van der Waals surface area contributed by atoms with Crippen LogP contribution in [0.3, 0.4) is 0 Å². The quantitative estimate of drug-likeness (QED) is 0.420. The molecule has 3 heterocycles. The lowest BCUT2D eigenvalue weighted by Crippen LogP contribution is -2.07. The van der Waals surface area contributed by atoms with E-state index in [1.165, 1.54) is 12.3 Å². The first-order valence-electron chi connectivity index (χ1n) is 9.89. The molecule has 1 N–H and O–H groups in total. The number of aliphatic carboxylic acids is 1. The van der Waals surface area contributed by atoms with E-state index < -0.39 is 11.8 Å². The lowest BCUT2D eigenvalue weighted by Gasteiger charge is -2.09. The van der Waals surface area contributed by atoms with Crippen molar-refractivity contribution in [3.63, 3.8) is 0 Å². The van der Waals surface area contributed by atoms with E-state index >= 15 is 0 Å². The summed E-state index contributed by atoms with van der Waals surface area (Å²) in [6, 6.07) is 4.50. The Labute approximate surface area is 187 Å². The molecule has 0 bridgehead atoms. The Balaban J connectivity index is 1.73. The van der Waals surface area contributed by atoms with Gasteiger partial charge in [0.15, 0.2) is 0 Å². The Morgan fingerprint density at radius 3 is 2.84 bits per heavy atom. The van der Waals surface area contributed by atoms with Gasteiger partial charge >= 0.3 is 5.97 Å². The molecular formula is C22H20ClFN4O4. The first kappa shape index (κ1) is 21.8. The van der Waals surface area contributed by atoms with Crippen LogP contribution in [0.25, 0.3) is 33.7 Å². The van der Waals surface area contributed by atoms with Crippen LogP contribution in [0.15, 0.2) is 35.1 Å². The standard InChI is InChI=1S/C22H20ClFN4O4/c1-11(2)31-22-15(23)8-13(9-25-22)21-26-20(27-32-21)14-5-6-16(24)18-12(4-7-17(29)30)10-28(3)19(14)18/h5-6,8-11H,4,7H2,1-3H3,(H,29,30). The number of rotatable bonds is 7. The molecule has 32 heavy (non-hydrogen) atoms. The summed E-state index contributed by atoms with van der Waals surface area (Å²) in [5.41, 5.74) is 2.22. The number of carbonyl (C=O) groups is 1. The van der Waals surface area contributed by atoms with E-state index in [0.29, 0.717) is 38.5 Å². The van der Waals surface area contributed by atoms with Crippen LogP contribution in [-0.4, -0.2) is 36.9 Å². The molecule has 0 aliphatic carbocycles. The van der Waals surface area contributed by atoms with Crippen LogP contribution in [0.5, 0.6) is 5.88 Å². The van der Waals surface area contributed by atoms with E-state index in [0.717, 1.165) is 0 Å². The van der Waals surface area contributed by atoms with Crippen molar-refractivity contribution in [1.29, 1.82) is 0 Å². The summed E-state index contributed by atoms with van der Waals surface area (Å²) in [7, 11) is 1.76. The van der Waals surface area contributed by atoms with Gasteiger partial charge in [-0.15, -0.1) is 0 Å². The predicted molar refractivity (Wildman–Crippen MR) is 116 cm³/mol. The van der Waals surface area contributed by atoms with Gasteiger partial charge in [-0.3, -0.25) is 4.79 Å². The lowest BCUT2D eigenvalue weighted by molar-refractivity contribution is -0.136. The molecule has 10 heteroatoms. The van der Waals surface area contributed by atoms with Crippen molar-refractivity contribution in [1.82, 2.24) is 19.7 Å². The summed E-state index contributed by atoms with van der Waals surface area (Å²) in [5.74, 6) is -0.621. The van der Waals surface area contributed by atoms with Crippen molar-refractivity contribution in [2.45, 2.75) is 32.8 Å². The van der Waals surface area contributed by atoms with Gasteiger partial charge < -0.3 is 18.9 Å². The SMILES string of the molecule is CC(C)Oc1ncc(-c2nc(-c3ccc(F)c4c(CCC(=O)O)cn(C)c34)no2)cc1Cl. The highest BCUT2D eigenvalue weighted by Gasteiger charge is 2.20. The van der Waals surface area contributed by atoms with Crippen molar-refractivity contribution in [3.05, 3.63) is 47.0 Å². The Kier molecular flexibility index (Phi) is 5.84. The summed E-state index contributed by atoms with van der Waals surface area (Å²) in [4.78, 5) is 19.6. The van der Waals surface area contributed by atoms with Crippen molar-refractivity contribution >= 4 is 28.5 Å². The van der Waals surface area contributed by atoms with Crippen LogP contribution in [0, 0.1) is 5.82 Å². The van der Waals surface area contributed by atoms with Crippen molar-refractivity contribution in [2.24, 2.45) is 7.05 Å². The van der Waals surface area contributed by atoms with Crippen molar-refractivity contribution in [2.75, 3.05) is 0 Å². The van der Waals surface area contributed by atoms with E-state index in [4.69, 9.17) is 26.0 Å². The number of ether oxygens (including phenoxy) is 1. The zero-order chi connectivity index (χ0) is 23.0. The molecule has 4 rings (SSSR count). The number of carboxylic acid groups (broad SMARTS) is 1. The molecule has 4 aromatic rings. The van der Waals surface area contributed by atoms with Gasteiger partial charge in [-0.2, -0.15) is 4.98 Å². The van der Waals surface area contributed by atoms with E-state index in [-0.39, 0.29) is 30.7 Å². The van der Waals surface area contributed by atoms with E-state index in [2.05, 4.69) is 15.1 Å². The molecule has 0 atom stereocenters. The molecule has 3 aromatic heterocycles. The third kappa shape index (κ3) is 4.16. The molecule has 0 fully saturated rings. The fourth-order valence-electron chi connectivity index (χ4n) is 3.52. The largest absolute Gasteiger partial charge is 0.481 e. The summed E-state index contributed by atoms with van der Waals surface area (Å²) in [5, 5.41) is 13.7. The van der Waals surface area contributed by atoms with Crippen LogP contribution in [-0.2, 0) is 18.3 Å². The highest BCUT2D eigenvalue weighted by Crippen LogP contribution is 2.34. The summed E-state index contributed by atoms with van der Waals surface area (Å²) in [6.07, 6.45) is 3.28. The third-order valence-corrected chi connectivity index (χ3v) is 5.10. The topological polar surface area (TPSA) is 103 Å². The number of carboxylic acids is 1. The molecular weight excluding hydrogens is 439 g/mol. The molecule has 0 aliphatic rings. The number of hydrogen-bond acceptors (Lipinski definition) is 6. The smallest absolute Gasteiger partial charge is 0.303 e. The highest BCUT2D eigenvalue weighted by atomic mass is 35.5. The maximum absolute atomic E-state index is 14.7. The maximum atomic E-state index is 14.7. The minimum atomic E-state index is -0.946. The normalized spacial score (nSPS) is 11.4. The number of aryl methyl sites for hydroxylation is 2. The molecule has 0 saturated heterocycles. The number of aromatic nitrogens is 4. The average molecular weight is 459 g/mol. The van der Waals surface area contributed by atoms with Gasteiger partial charge in [0.1, 0.15) is 10.8 Å². The molecule has 0 unspecified atom stereocenters. The molecule has 0 radical (unpaired) electrons. The fraction of sp³-hybridized carbons (Fsp3) is 0.273. The second-order valence-corrected chi connectivity index (χ2v) is 7.99. The van der Waals surface area contributed by atoms with Gasteiger partial charge in [0.25, 0.3) is 5.89 Å². The Bertz CT molecular complexity index is 1310. The van der Waals surface area contributed by atoms with Crippen LogP contribution in [0.1, 0.15) is 25.8 Å². The van der Waals surface area contributed by atoms with E-state index in [9.17, 15) is 9.18 Å². The lowest BCUT2D eigenvalue weighted by atomic mass is 10.0. The van der Waals surface area contributed by atoms with Gasteiger partial charge in [0.05, 0.1) is 17.2 Å². The zero-order valence-corrected chi connectivity index (χ0v) is 18.4. The zero-order valence-electron chi connectivity index (χ0n) is 17.6. The van der Waals surface area contributed by atoms with Crippen LogP contribution in [0.4, 0.5) is 4.39 Å². The summed E-state index contributed by atoms with van der Waals surface area (Å²) >= 11 is 6.25. The average Bonchev–Trinajstić information content (AvgIpc) is 3.34. The van der Waals surface area contributed by atoms with Gasteiger partial charge in [0, 0.05) is 36.8 Å². The second-order valence-electron chi connectivity index (χ2n) is 7.58. The molecule has 0 amide bonds. The third-order valence-electron chi connectivity index (χ3n) is 4.83. The number of halogens is 2. The summed E-state index contributed by atoms with van der Waals surface area (Å²) < 4.78 is 27.3. The highest BCUT2D eigenvalue weighted by molar-refractivity contribution is 6.32. The van der Waals surface area contributed by atoms with Crippen LogP contribution in [0.2, 0.25) is 5.02 Å².